The molecule has 4 nitrogen and oxygen atoms in total. The van der Waals surface area contributed by atoms with Gasteiger partial charge in [-0.25, -0.2) is 8.42 Å². The van der Waals surface area contributed by atoms with Crippen LogP contribution in [0.4, 0.5) is 11.4 Å². The van der Waals surface area contributed by atoms with Crippen LogP contribution in [0.5, 0.6) is 0 Å². The minimum Gasteiger partial charge on any atom is -0.398 e. The maximum Gasteiger partial charge on any atom is 0.271 e. The van der Waals surface area contributed by atoms with Gasteiger partial charge in [0.15, 0.2) is 0 Å². The van der Waals surface area contributed by atoms with Crippen LogP contribution < -0.4 is 10.5 Å². The normalized spacial score (nSPS) is 11.8. The largest absolute Gasteiger partial charge is 0.398 e. The van der Waals surface area contributed by atoms with Crippen molar-refractivity contribution in [1.29, 1.82) is 0 Å². The summed E-state index contributed by atoms with van der Waals surface area (Å²) >= 11 is 1.12. The zero-order chi connectivity index (χ0) is 14.9. The molecule has 108 valence electrons. The summed E-state index contributed by atoms with van der Waals surface area (Å²) in [7, 11) is -3.58. The van der Waals surface area contributed by atoms with Gasteiger partial charge in [-0.3, -0.25) is 4.72 Å². The molecule has 6 heteroatoms. The van der Waals surface area contributed by atoms with Crippen LogP contribution in [0, 0.1) is 6.92 Å². The number of hydrogen-bond acceptors (Lipinski definition) is 4. The number of nitrogens with two attached hydrogens (primary N) is 1. The first-order chi connectivity index (χ1) is 9.31. The number of nitrogens with one attached hydrogen (secondary N) is 1. The third-order valence-electron chi connectivity index (χ3n) is 3.02. The zero-order valence-corrected chi connectivity index (χ0v) is 13.3. The third-order valence-corrected chi connectivity index (χ3v) is 5.83. The van der Waals surface area contributed by atoms with Crippen LogP contribution in [-0.4, -0.2) is 8.42 Å². The van der Waals surface area contributed by atoms with Crippen molar-refractivity contribution in [2.24, 2.45) is 0 Å². The van der Waals surface area contributed by atoms with Gasteiger partial charge in [0, 0.05) is 11.1 Å². The number of sulfonamides is 1. The molecule has 3 N–H and O–H groups in total. The lowest BCUT2D eigenvalue weighted by Crippen LogP contribution is -2.14. The molecule has 1 aromatic heterocycles. The molecule has 0 radical (unpaired) electrons. The summed E-state index contributed by atoms with van der Waals surface area (Å²) in [5, 5.41) is 1.62. The number of para-hydroxylation sites is 1. The number of thiophene rings is 1. The van der Waals surface area contributed by atoms with E-state index in [1.54, 1.807) is 5.38 Å². The zero-order valence-electron chi connectivity index (χ0n) is 11.7. The monoisotopic (exact) mass is 310 g/mol. The molecule has 0 aliphatic heterocycles. The van der Waals surface area contributed by atoms with Crippen LogP contribution in [0.3, 0.4) is 0 Å². The van der Waals surface area contributed by atoms with E-state index in [0.29, 0.717) is 11.4 Å². The Balaban J connectivity index is 2.44. The van der Waals surface area contributed by atoms with E-state index in [1.807, 2.05) is 39.0 Å². The van der Waals surface area contributed by atoms with Crippen molar-refractivity contribution in [2.75, 3.05) is 10.5 Å². The van der Waals surface area contributed by atoms with Crippen molar-refractivity contribution in [1.82, 2.24) is 0 Å². The summed E-state index contributed by atoms with van der Waals surface area (Å²) < 4.78 is 27.7. The van der Waals surface area contributed by atoms with E-state index in [1.165, 1.54) is 6.07 Å². The van der Waals surface area contributed by atoms with Crippen LogP contribution in [-0.2, 0) is 10.0 Å². The fourth-order valence-corrected chi connectivity index (χ4v) is 4.21. The predicted molar refractivity (Wildman–Crippen MR) is 84.8 cm³/mol. The van der Waals surface area contributed by atoms with Crippen molar-refractivity contribution >= 4 is 32.7 Å². The SMILES string of the molecule is Cc1cccc(C(C)C)c1NS(=O)(=O)c1cc(N)cs1. The Bertz CT molecular complexity index is 719. The lowest BCUT2D eigenvalue weighted by Gasteiger charge is -2.16. The summed E-state index contributed by atoms with van der Waals surface area (Å²) in [6.45, 7) is 5.97. The number of anilines is 2. The minimum absolute atomic E-state index is 0.230. The van der Waals surface area contributed by atoms with Crippen LogP contribution in [0.25, 0.3) is 0 Å². The number of benzene rings is 1. The Morgan fingerprint density at radius 3 is 2.55 bits per heavy atom. The quantitative estimate of drug-likeness (QED) is 0.907. The van der Waals surface area contributed by atoms with Gasteiger partial charge in [-0.15, -0.1) is 11.3 Å². The molecule has 20 heavy (non-hydrogen) atoms. The Labute approximate surface area is 123 Å². The Morgan fingerprint density at radius 1 is 1.30 bits per heavy atom. The van der Waals surface area contributed by atoms with Crippen molar-refractivity contribution in [2.45, 2.75) is 30.9 Å². The number of nitrogen functional groups attached to an aromatic ring is 1. The van der Waals surface area contributed by atoms with E-state index in [0.717, 1.165) is 22.5 Å². The molecule has 0 atom stereocenters. The summed E-state index contributed by atoms with van der Waals surface area (Å²) in [4.78, 5) is 0. The van der Waals surface area contributed by atoms with Gasteiger partial charge in [0.05, 0.1) is 5.69 Å². The molecule has 0 amide bonds. The molecular weight excluding hydrogens is 292 g/mol. The Hall–Kier alpha value is -1.53. The molecule has 1 aromatic carbocycles. The van der Waals surface area contributed by atoms with E-state index in [9.17, 15) is 8.42 Å². The smallest absolute Gasteiger partial charge is 0.271 e. The van der Waals surface area contributed by atoms with Crippen LogP contribution >= 0.6 is 11.3 Å². The summed E-state index contributed by atoms with van der Waals surface area (Å²) in [5.74, 6) is 0.237. The van der Waals surface area contributed by atoms with Crippen LogP contribution in [0.2, 0.25) is 0 Å². The molecular formula is C14H18N2O2S2. The molecule has 0 saturated carbocycles. The summed E-state index contributed by atoms with van der Waals surface area (Å²) in [6, 6.07) is 7.25. The van der Waals surface area contributed by atoms with Gasteiger partial charge in [0.2, 0.25) is 0 Å². The second-order valence-corrected chi connectivity index (χ2v) is 7.82. The van der Waals surface area contributed by atoms with Crippen molar-refractivity contribution in [3.8, 4) is 0 Å². The Morgan fingerprint density at radius 2 is 2.00 bits per heavy atom. The van der Waals surface area contributed by atoms with Crippen molar-refractivity contribution in [3.63, 3.8) is 0 Å². The second kappa shape index (κ2) is 5.46. The number of aryl methyl sites for hydroxylation is 1. The highest BCUT2D eigenvalue weighted by Crippen LogP contribution is 2.31. The molecule has 0 aliphatic rings. The van der Waals surface area contributed by atoms with Gasteiger partial charge in [-0.2, -0.15) is 0 Å². The fourth-order valence-electron chi connectivity index (χ4n) is 1.97. The Kier molecular flexibility index (Phi) is 4.06. The topological polar surface area (TPSA) is 72.2 Å². The highest BCUT2D eigenvalue weighted by Gasteiger charge is 2.20. The van der Waals surface area contributed by atoms with Gasteiger partial charge >= 0.3 is 0 Å². The summed E-state index contributed by atoms with van der Waals surface area (Å²) in [5.41, 5.74) is 8.61. The predicted octanol–water partition coefficient (Wildman–Crippen LogP) is 3.56. The lowest BCUT2D eigenvalue weighted by atomic mass is 9.99. The van der Waals surface area contributed by atoms with E-state index >= 15 is 0 Å². The first kappa shape index (κ1) is 14.9. The minimum atomic E-state index is -3.58. The van der Waals surface area contributed by atoms with Crippen molar-refractivity contribution in [3.05, 3.63) is 40.8 Å². The highest BCUT2D eigenvalue weighted by atomic mass is 32.2. The maximum absolute atomic E-state index is 12.4. The van der Waals surface area contributed by atoms with Gasteiger partial charge in [-0.05, 0) is 30.0 Å². The fraction of sp³-hybridized carbons (Fsp3) is 0.286. The van der Waals surface area contributed by atoms with E-state index in [4.69, 9.17) is 5.73 Å². The molecule has 0 saturated heterocycles. The number of rotatable bonds is 4. The molecule has 0 bridgehead atoms. The molecule has 0 unspecified atom stereocenters. The van der Waals surface area contributed by atoms with Gasteiger partial charge in [-0.1, -0.05) is 32.0 Å². The van der Waals surface area contributed by atoms with Crippen molar-refractivity contribution < 1.29 is 8.42 Å². The molecule has 0 spiro atoms. The van der Waals surface area contributed by atoms with Crippen LogP contribution in [0.15, 0.2) is 33.9 Å². The second-order valence-electron chi connectivity index (χ2n) is 5.00. The highest BCUT2D eigenvalue weighted by molar-refractivity contribution is 7.94. The first-order valence-electron chi connectivity index (χ1n) is 6.27. The third kappa shape index (κ3) is 2.96. The summed E-state index contributed by atoms with van der Waals surface area (Å²) in [6.07, 6.45) is 0. The maximum atomic E-state index is 12.4. The number of hydrogen-bond donors (Lipinski definition) is 2. The van der Waals surface area contributed by atoms with Crippen LogP contribution in [0.1, 0.15) is 30.9 Å². The van der Waals surface area contributed by atoms with Gasteiger partial charge < -0.3 is 5.73 Å². The van der Waals surface area contributed by atoms with Gasteiger partial charge in [0.1, 0.15) is 4.21 Å². The standard InChI is InChI=1S/C14H18N2O2S2/c1-9(2)12-6-4-5-10(3)14(12)16-20(17,18)13-7-11(15)8-19-13/h4-9,16H,15H2,1-3H3. The van der Waals surface area contributed by atoms with Gasteiger partial charge in [0.25, 0.3) is 10.0 Å². The average molecular weight is 310 g/mol. The first-order valence-corrected chi connectivity index (χ1v) is 8.64. The van der Waals surface area contributed by atoms with E-state index in [-0.39, 0.29) is 10.1 Å². The average Bonchev–Trinajstić information content (AvgIpc) is 2.79. The molecule has 0 fully saturated rings. The molecule has 1 heterocycles. The lowest BCUT2D eigenvalue weighted by molar-refractivity contribution is 0.603. The molecule has 0 aliphatic carbocycles. The molecule has 2 rings (SSSR count). The van der Waals surface area contributed by atoms with E-state index < -0.39 is 10.0 Å². The molecule has 2 aromatic rings. The van der Waals surface area contributed by atoms with E-state index in [2.05, 4.69) is 4.72 Å².